The van der Waals surface area contributed by atoms with E-state index in [1.807, 2.05) is 0 Å². The molecule has 6 heavy (non-hydrogen) atoms. The van der Waals surface area contributed by atoms with Gasteiger partial charge in [-0.1, -0.05) is 13.3 Å². The number of rotatable bonds is 2. The van der Waals surface area contributed by atoms with Crippen molar-refractivity contribution < 1.29 is 0 Å². The molecule has 38 valence electrons. The van der Waals surface area contributed by atoms with Gasteiger partial charge in [0, 0.05) is 17.1 Å². The summed E-state index contributed by atoms with van der Waals surface area (Å²) in [7, 11) is 0. The van der Waals surface area contributed by atoms with E-state index in [9.17, 15) is 0 Å². The summed E-state index contributed by atoms with van der Waals surface area (Å²) in [5, 5.41) is 0. The number of hydrogen-bond donors (Lipinski definition) is 1. The van der Waals surface area contributed by atoms with Gasteiger partial charge in [-0.25, -0.2) is 0 Å². The van der Waals surface area contributed by atoms with E-state index in [4.69, 9.17) is 0 Å². The molecule has 0 spiro atoms. The molecule has 0 nitrogen and oxygen atoms in total. The normalized spacial score (nSPS) is 7.00. The molecule has 0 saturated heterocycles. The first-order chi connectivity index (χ1) is 2.41. The maximum Gasteiger partial charge on any atom is 0 e. The predicted octanol–water partition coefficient (Wildman–Crippen LogP) is 1.34. The van der Waals surface area contributed by atoms with Crippen molar-refractivity contribution in [3.63, 3.8) is 0 Å². The van der Waals surface area contributed by atoms with Gasteiger partial charge in [0.05, 0.1) is 0 Å². The van der Waals surface area contributed by atoms with E-state index >= 15 is 0 Å². The summed E-state index contributed by atoms with van der Waals surface area (Å²) in [6.45, 7) is 2.16. The molecule has 0 aliphatic rings. The Labute approximate surface area is 55.6 Å². The molecule has 2 heteroatoms. The first kappa shape index (κ1) is 9.98. The van der Waals surface area contributed by atoms with Gasteiger partial charge >= 0.3 is 0 Å². The van der Waals surface area contributed by atoms with Crippen LogP contribution < -0.4 is 0 Å². The van der Waals surface area contributed by atoms with Gasteiger partial charge in [-0.05, 0) is 12.2 Å². The maximum atomic E-state index is 4.00. The van der Waals surface area contributed by atoms with Crippen molar-refractivity contribution in [1.82, 2.24) is 0 Å². The summed E-state index contributed by atoms with van der Waals surface area (Å²) in [5.41, 5.74) is 0. The summed E-state index contributed by atoms with van der Waals surface area (Å²) in [4.78, 5) is 0. The fourth-order valence-corrected chi connectivity index (χ4v) is 0.474. The molecule has 0 heterocycles. The van der Waals surface area contributed by atoms with Crippen LogP contribution in [0.3, 0.4) is 0 Å². The summed E-state index contributed by atoms with van der Waals surface area (Å²) >= 11 is 4.00. The van der Waals surface area contributed by atoms with Crippen LogP contribution in [0.15, 0.2) is 0 Å². The van der Waals surface area contributed by atoms with Gasteiger partial charge in [-0.2, -0.15) is 12.6 Å². The minimum atomic E-state index is 0. The van der Waals surface area contributed by atoms with Crippen LogP contribution in [0.2, 0.25) is 0 Å². The minimum absolute atomic E-state index is 0. The van der Waals surface area contributed by atoms with Gasteiger partial charge < -0.3 is 0 Å². The quantitative estimate of drug-likeness (QED) is 0.468. The third kappa shape index (κ3) is 8.85. The second-order valence-electron chi connectivity index (χ2n) is 1.08. The fraction of sp³-hybridized carbons (Fsp3) is 1.00. The van der Waals surface area contributed by atoms with Crippen LogP contribution in [0.1, 0.15) is 19.8 Å². The van der Waals surface area contributed by atoms with Crippen LogP contribution in [-0.4, -0.2) is 22.8 Å². The molecule has 0 aromatic carbocycles. The van der Waals surface area contributed by atoms with Gasteiger partial charge in [0.15, 0.2) is 0 Å². The van der Waals surface area contributed by atoms with Gasteiger partial charge in [0.1, 0.15) is 0 Å². The van der Waals surface area contributed by atoms with E-state index in [2.05, 4.69) is 19.6 Å². The van der Waals surface area contributed by atoms with Crippen LogP contribution in [-0.2, 0) is 0 Å². The smallest absolute Gasteiger partial charge is 0 e. The largest absolute Gasteiger partial charge is 0.179 e. The van der Waals surface area contributed by atoms with E-state index in [-0.39, 0.29) is 17.1 Å². The third-order valence-electron chi connectivity index (χ3n) is 0.512. The van der Waals surface area contributed by atoms with E-state index in [0.29, 0.717) is 0 Å². The zero-order chi connectivity index (χ0) is 4.12. The topological polar surface area (TPSA) is 0 Å². The minimum Gasteiger partial charge on any atom is -0.179 e. The number of thiol groups is 1. The molecular weight excluding hydrogens is 159 g/mol. The molecule has 0 fully saturated rings. The van der Waals surface area contributed by atoms with Crippen molar-refractivity contribution >= 4 is 29.7 Å². The van der Waals surface area contributed by atoms with E-state index in [1.54, 1.807) is 0 Å². The first-order valence-electron chi connectivity index (χ1n) is 2.02. The van der Waals surface area contributed by atoms with Gasteiger partial charge in [-0.15, -0.1) is 0 Å². The molecule has 0 rings (SSSR count). The average Bonchev–Trinajstić information content (AvgIpc) is 1.41. The number of unbranched alkanes of at least 4 members (excludes halogenated alkanes) is 1. The Hall–Kier alpha value is 0.869. The van der Waals surface area contributed by atoms with Crippen molar-refractivity contribution in [2.45, 2.75) is 19.8 Å². The fourth-order valence-electron chi connectivity index (χ4n) is 0.158. The summed E-state index contributed by atoms with van der Waals surface area (Å²) in [6.07, 6.45) is 2.52. The maximum absolute atomic E-state index is 4.00. The van der Waals surface area contributed by atoms with Gasteiger partial charge in [0.25, 0.3) is 0 Å². The monoisotopic (exact) mass is 170 g/mol. The third-order valence-corrected chi connectivity index (χ3v) is 0.828. The average molecular weight is 169 g/mol. The summed E-state index contributed by atoms with van der Waals surface area (Å²) < 4.78 is 0. The van der Waals surface area contributed by atoms with Crippen molar-refractivity contribution in [3.8, 4) is 0 Å². The van der Waals surface area contributed by atoms with Crippen molar-refractivity contribution in [1.29, 1.82) is 0 Å². The zero-order valence-electron chi connectivity index (χ0n) is 3.98. The second kappa shape index (κ2) is 9.30. The molecule has 0 saturated carbocycles. The van der Waals surface area contributed by atoms with Gasteiger partial charge in [-0.3, -0.25) is 0 Å². The zero-order valence-corrected chi connectivity index (χ0v) is 6.58. The molecular formula is C4H10SSe. The molecule has 0 amide bonds. The molecule has 0 aromatic rings. The summed E-state index contributed by atoms with van der Waals surface area (Å²) in [6, 6.07) is 0. The molecule has 0 atom stereocenters. The molecule has 0 unspecified atom stereocenters. The molecule has 0 bridgehead atoms. The van der Waals surface area contributed by atoms with Crippen molar-refractivity contribution in [3.05, 3.63) is 0 Å². The summed E-state index contributed by atoms with van der Waals surface area (Å²) in [5.74, 6) is 1.04. The number of hydrogen-bond acceptors (Lipinski definition) is 1. The van der Waals surface area contributed by atoms with Gasteiger partial charge in [0.2, 0.25) is 0 Å². The molecule has 0 aromatic heterocycles. The van der Waals surface area contributed by atoms with Crippen molar-refractivity contribution in [2.24, 2.45) is 0 Å². The Morgan fingerprint density at radius 2 is 2.00 bits per heavy atom. The Balaban J connectivity index is 0. The first-order valence-corrected chi connectivity index (χ1v) is 2.66. The molecule has 0 aliphatic heterocycles. The molecule has 2 radical (unpaired) electrons. The van der Waals surface area contributed by atoms with Crippen LogP contribution in [0.25, 0.3) is 0 Å². The Morgan fingerprint density at radius 1 is 1.50 bits per heavy atom. The Bertz CT molecular complexity index is 15.0. The van der Waals surface area contributed by atoms with E-state index in [0.717, 1.165) is 5.75 Å². The Morgan fingerprint density at radius 3 is 2.00 bits per heavy atom. The van der Waals surface area contributed by atoms with Crippen molar-refractivity contribution in [2.75, 3.05) is 5.75 Å². The second-order valence-corrected chi connectivity index (χ2v) is 1.52. The Kier molecular flexibility index (Phi) is 15.5. The van der Waals surface area contributed by atoms with Crippen LogP contribution in [0.4, 0.5) is 0 Å². The predicted molar refractivity (Wildman–Crippen MR) is 34.5 cm³/mol. The molecule has 0 aliphatic carbocycles. The standard InChI is InChI=1S/C4H10S.Se/c1-2-3-4-5;/h5H,2-4H2,1H3;. The van der Waals surface area contributed by atoms with Crippen LogP contribution >= 0.6 is 12.6 Å². The SMILES string of the molecule is CCCCS.[Se]. The van der Waals surface area contributed by atoms with E-state index < -0.39 is 0 Å². The van der Waals surface area contributed by atoms with E-state index in [1.165, 1.54) is 12.8 Å². The molecule has 0 N–H and O–H groups in total. The van der Waals surface area contributed by atoms with Crippen LogP contribution in [0, 0.1) is 0 Å². The van der Waals surface area contributed by atoms with Crippen LogP contribution in [0.5, 0.6) is 0 Å².